The summed E-state index contributed by atoms with van der Waals surface area (Å²) in [6.07, 6.45) is 4.11. The number of hydrogen-bond donors (Lipinski definition) is 0. The molecule has 1 unspecified atom stereocenters. The molecule has 0 bridgehead atoms. The molecule has 0 saturated carbocycles. The largest absolute Gasteiger partial charge is 0.350 e. The highest BCUT2D eigenvalue weighted by atomic mass is 19.1. The number of hydrogen-bond acceptors (Lipinski definition) is 3. The molecule has 3 atom stereocenters. The minimum Gasteiger partial charge on any atom is -0.350 e. The summed E-state index contributed by atoms with van der Waals surface area (Å²) in [7, 11) is 9.88. The van der Waals surface area contributed by atoms with Crippen molar-refractivity contribution in [3.63, 3.8) is 0 Å². The highest BCUT2D eigenvalue weighted by Gasteiger charge is 2.42. The summed E-state index contributed by atoms with van der Waals surface area (Å²) >= 11 is 0. The minimum atomic E-state index is -0.0724. The quantitative estimate of drug-likeness (QED) is 0.604. The Balaban J connectivity index is 1.55. The van der Waals surface area contributed by atoms with Crippen molar-refractivity contribution in [2.24, 2.45) is 7.05 Å². The SMILES string of the molecule is CN(C)C(=O)c1cccc2c([C@H]3CN(C4CCc5cccc(F)c54)C[C@@H]3N(C)C)cn(C)c12. The minimum absolute atomic E-state index is 0.0172. The van der Waals surface area contributed by atoms with Crippen LogP contribution in [-0.2, 0) is 13.5 Å². The molecule has 1 fully saturated rings. The van der Waals surface area contributed by atoms with Gasteiger partial charge in [0.15, 0.2) is 0 Å². The highest BCUT2D eigenvalue weighted by Crippen LogP contribution is 2.44. The van der Waals surface area contributed by atoms with Gasteiger partial charge in [-0.15, -0.1) is 0 Å². The molecular weight excluding hydrogens is 415 g/mol. The van der Waals surface area contributed by atoms with Gasteiger partial charge in [0.1, 0.15) is 5.82 Å². The van der Waals surface area contributed by atoms with Gasteiger partial charge in [0.2, 0.25) is 0 Å². The van der Waals surface area contributed by atoms with Crippen molar-refractivity contribution in [3.05, 3.63) is 70.7 Å². The maximum Gasteiger partial charge on any atom is 0.255 e. The van der Waals surface area contributed by atoms with Gasteiger partial charge in [-0.3, -0.25) is 9.69 Å². The molecule has 1 saturated heterocycles. The number of likely N-dealkylation sites (tertiary alicyclic amines) is 1. The summed E-state index contributed by atoms with van der Waals surface area (Å²) in [5, 5.41) is 1.14. The molecule has 1 aliphatic carbocycles. The standard InChI is InChI=1S/C27H33FN4O/c1-29(2)24-16-32(23-13-12-17-8-6-11-22(28)25(17)23)15-21(24)20-14-31(5)26-18(20)9-7-10-19(26)27(33)30(3)4/h6-11,14,21,23-24H,12-13,15-16H2,1-5H3/t21-,23?,24+/m1/s1. The van der Waals surface area contributed by atoms with Crippen LogP contribution in [0.1, 0.15) is 45.4 Å². The second-order valence-corrected chi connectivity index (χ2v) is 10.1. The number of aromatic nitrogens is 1. The number of carbonyl (C=O) groups is 1. The van der Waals surface area contributed by atoms with E-state index in [4.69, 9.17) is 0 Å². The third kappa shape index (κ3) is 3.56. The monoisotopic (exact) mass is 448 g/mol. The first-order valence-corrected chi connectivity index (χ1v) is 11.7. The van der Waals surface area contributed by atoms with Crippen molar-refractivity contribution in [1.29, 1.82) is 0 Å². The van der Waals surface area contributed by atoms with Gasteiger partial charge < -0.3 is 14.4 Å². The number of nitrogens with zero attached hydrogens (tertiary/aromatic N) is 4. The van der Waals surface area contributed by atoms with Crippen molar-refractivity contribution in [2.45, 2.75) is 30.8 Å². The van der Waals surface area contributed by atoms with Gasteiger partial charge in [-0.05, 0) is 50.2 Å². The second kappa shape index (κ2) is 8.26. The zero-order chi connectivity index (χ0) is 23.4. The van der Waals surface area contributed by atoms with Crippen LogP contribution in [0, 0.1) is 5.82 Å². The van der Waals surface area contributed by atoms with E-state index in [9.17, 15) is 9.18 Å². The molecule has 5 rings (SSSR count). The number of likely N-dealkylation sites (N-methyl/N-ethyl adjacent to an activating group) is 1. The highest BCUT2D eigenvalue weighted by molar-refractivity contribution is 6.06. The van der Waals surface area contributed by atoms with Crippen LogP contribution < -0.4 is 0 Å². The van der Waals surface area contributed by atoms with Crippen LogP contribution in [0.15, 0.2) is 42.6 Å². The molecule has 1 aliphatic heterocycles. The summed E-state index contributed by atoms with van der Waals surface area (Å²) in [5.41, 5.74) is 5.04. The smallest absolute Gasteiger partial charge is 0.255 e. The number of benzene rings is 2. The summed E-state index contributed by atoms with van der Waals surface area (Å²) in [6, 6.07) is 12.0. The number of carbonyl (C=O) groups excluding carboxylic acids is 1. The van der Waals surface area contributed by atoms with Crippen LogP contribution in [0.4, 0.5) is 4.39 Å². The fourth-order valence-corrected chi connectivity index (χ4v) is 6.08. The number of halogens is 1. The Morgan fingerprint density at radius 1 is 1.06 bits per heavy atom. The summed E-state index contributed by atoms with van der Waals surface area (Å²) in [4.78, 5) is 19.3. The number of amides is 1. The topological polar surface area (TPSA) is 31.7 Å². The molecule has 1 amide bonds. The van der Waals surface area contributed by atoms with E-state index < -0.39 is 0 Å². The maximum atomic E-state index is 14.8. The summed E-state index contributed by atoms with van der Waals surface area (Å²) < 4.78 is 16.9. The summed E-state index contributed by atoms with van der Waals surface area (Å²) in [5.74, 6) is 0.227. The molecule has 33 heavy (non-hydrogen) atoms. The van der Waals surface area contributed by atoms with E-state index in [-0.39, 0.29) is 23.7 Å². The Bertz CT molecular complexity index is 1210. The average molecular weight is 449 g/mol. The zero-order valence-electron chi connectivity index (χ0n) is 20.2. The van der Waals surface area contributed by atoms with Gasteiger partial charge in [0.25, 0.3) is 5.91 Å². The number of para-hydroxylation sites is 1. The zero-order valence-corrected chi connectivity index (χ0v) is 20.2. The number of rotatable bonds is 4. The Labute approximate surface area is 195 Å². The Kier molecular flexibility index (Phi) is 5.53. The molecular formula is C27H33FN4O. The molecule has 174 valence electrons. The van der Waals surface area contributed by atoms with E-state index in [0.29, 0.717) is 6.04 Å². The number of fused-ring (bicyclic) bond motifs is 2. The van der Waals surface area contributed by atoms with Gasteiger partial charge in [-0.1, -0.05) is 24.3 Å². The Hall–Kier alpha value is -2.70. The van der Waals surface area contributed by atoms with E-state index >= 15 is 0 Å². The van der Waals surface area contributed by atoms with Gasteiger partial charge in [-0.25, -0.2) is 4.39 Å². The van der Waals surface area contributed by atoms with E-state index in [1.165, 1.54) is 5.56 Å². The molecule has 2 heterocycles. The normalized spacial score (nSPS) is 22.9. The fourth-order valence-electron chi connectivity index (χ4n) is 6.08. The van der Waals surface area contributed by atoms with Crippen molar-refractivity contribution in [1.82, 2.24) is 19.3 Å². The fraction of sp³-hybridized carbons (Fsp3) is 0.444. The first-order valence-electron chi connectivity index (χ1n) is 11.7. The lowest BCUT2D eigenvalue weighted by atomic mass is 9.92. The van der Waals surface area contributed by atoms with Crippen molar-refractivity contribution < 1.29 is 9.18 Å². The van der Waals surface area contributed by atoms with Crippen LogP contribution in [0.5, 0.6) is 0 Å². The number of aryl methyl sites for hydroxylation is 2. The van der Waals surface area contributed by atoms with E-state index in [1.54, 1.807) is 25.1 Å². The van der Waals surface area contributed by atoms with Crippen LogP contribution in [0.25, 0.3) is 10.9 Å². The Morgan fingerprint density at radius 2 is 1.82 bits per heavy atom. The van der Waals surface area contributed by atoms with E-state index in [0.717, 1.165) is 53.5 Å². The molecule has 3 aromatic rings. The van der Waals surface area contributed by atoms with Crippen molar-refractivity contribution >= 4 is 16.8 Å². The molecule has 2 aromatic carbocycles. The molecule has 2 aliphatic rings. The van der Waals surface area contributed by atoms with Crippen molar-refractivity contribution in [3.8, 4) is 0 Å². The van der Waals surface area contributed by atoms with Gasteiger partial charge in [0.05, 0.1) is 11.1 Å². The average Bonchev–Trinajstić information content (AvgIpc) is 3.48. The molecule has 1 aromatic heterocycles. The molecule has 0 radical (unpaired) electrons. The second-order valence-electron chi connectivity index (χ2n) is 10.1. The van der Waals surface area contributed by atoms with Gasteiger partial charge >= 0.3 is 0 Å². The van der Waals surface area contributed by atoms with Crippen LogP contribution in [0.2, 0.25) is 0 Å². The maximum absolute atomic E-state index is 14.8. The van der Waals surface area contributed by atoms with Crippen LogP contribution in [-0.4, -0.2) is 72.5 Å². The molecule has 0 N–H and O–H groups in total. The van der Waals surface area contributed by atoms with Crippen LogP contribution >= 0.6 is 0 Å². The lowest BCUT2D eigenvalue weighted by Crippen LogP contribution is -2.35. The molecule has 5 nitrogen and oxygen atoms in total. The Morgan fingerprint density at radius 3 is 2.55 bits per heavy atom. The lowest BCUT2D eigenvalue weighted by molar-refractivity contribution is 0.0829. The lowest BCUT2D eigenvalue weighted by Gasteiger charge is -2.26. The predicted molar refractivity (Wildman–Crippen MR) is 130 cm³/mol. The third-order valence-electron chi connectivity index (χ3n) is 7.65. The molecule has 6 heteroatoms. The van der Waals surface area contributed by atoms with Gasteiger partial charge in [-0.2, -0.15) is 0 Å². The first kappa shape index (κ1) is 22.1. The van der Waals surface area contributed by atoms with Crippen LogP contribution in [0.3, 0.4) is 0 Å². The van der Waals surface area contributed by atoms with Gasteiger partial charge in [0, 0.05) is 69.4 Å². The predicted octanol–water partition coefficient (Wildman–Crippen LogP) is 4.04. The molecule has 0 spiro atoms. The first-order chi connectivity index (χ1) is 15.8. The van der Waals surface area contributed by atoms with E-state index in [1.807, 2.05) is 25.2 Å². The van der Waals surface area contributed by atoms with E-state index in [2.05, 4.69) is 46.8 Å². The third-order valence-corrected chi connectivity index (χ3v) is 7.65. The van der Waals surface area contributed by atoms with Crippen molar-refractivity contribution in [2.75, 3.05) is 41.3 Å². The summed E-state index contributed by atoms with van der Waals surface area (Å²) in [6.45, 7) is 1.79.